The molecule has 0 spiro atoms. The topological polar surface area (TPSA) is 113 Å². The van der Waals surface area contributed by atoms with Gasteiger partial charge < -0.3 is 24.8 Å². The monoisotopic (exact) mass is 410 g/mol. The second-order valence-electron chi connectivity index (χ2n) is 9.36. The van der Waals surface area contributed by atoms with Crippen molar-refractivity contribution in [2.45, 2.75) is 96.2 Å². The molecular formula is C22H34O7. The maximum atomic E-state index is 12.8. The number of Topliss-reactive ketones (excluding diaryl/α,β-unsaturated/α-hetero) is 1. The standard InChI is InChI=1S/C22H34O7/c1-5-6-13-16-9-15(23)12(3)17(24)19(26)20-11(2)10-22(4,29-20)8-7-14(18(13)25)21(27)28-16/h11-13,16-17,19-20,24-26H,5-10H2,1-4H3. The van der Waals surface area contributed by atoms with Crippen molar-refractivity contribution < 1.29 is 34.4 Å². The Labute approximate surface area is 172 Å². The second kappa shape index (κ2) is 8.36. The van der Waals surface area contributed by atoms with Crippen molar-refractivity contribution in [3.05, 3.63) is 11.3 Å². The SMILES string of the molecule is CCCC1C(O)=C2CCC3(C)CC(C)C(O3)C(O)C(O)C(C)C(=O)CC1OC2=O. The van der Waals surface area contributed by atoms with Crippen molar-refractivity contribution in [1.29, 1.82) is 0 Å². The van der Waals surface area contributed by atoms with Gasteiger partial charge in [0.05, 0.1) is 29.3 Å². The number of ketones is 1. The third-order valence-electron chi connectivity index (χ3n) is 6.96. The predicted molar refractivity (Wildman–Crippen MR) is 105 cm³/mol. The van der Waals surface area contributed by atoms with Gasteiger partial charge in [-0.25, -0.2) is 4.79 Å². The Balaban J connectivity index is 2.00. The lowest BCUT2D eigenvalue weighted by Gasteiger charge is -2.35. The van der Waals surface area contributed by atoms with E-state index in [4.69, 9.17) is 9.47 Å². The fourth-order valence-electron chi connectivity index (χ4n) is 5.15. The first-order chi connectivity index (χ1) is 13.6. The first kappa shape index (κ1) is 22.2. The number of carbonyl (C=O) groups is 2. The van der Waals surface area contributed by atoms with Gasteiger partial charge in [0.25, 0.3) is 0 Å². The van der Waals surface area contributed by atoms with Crippen LogP contribution >= 0.6 is 0 Å². The van der Waals surface area contributed by atoms with E-state index in [0.717, 1.165) is 6.42 Å². The highest BCUT2D eigenvalue weighted by molar-refractivity contribution is 5.91. The van der Waals surface area contributed by atoms with E-state index in [1.807, 2.05) is 20.8 Å². The quantitative estimate of drug-likeness (QED) is 0.599. The van der Waals surface area contributed by atoms with E-state index in [-0.39, 0.29) is 29.5 Å². The average Bonchev–Trinajstić information content (AvgIpc) is 2.96. The third kappa shape index (κ3) is 4.23. The fourth-order valence-corrected chi connectivity index (χ4v) is 5.15. The van der Waals surface area contributed by atoms with Gasteiger partial charge in [0.1, 0.15) is 23.8 Å². The molecule has 0 saturated carbocycles. The Kier molecular flexibility index (Phi) is 6.41. The molecule has 2 fully saturated rings. The molecule has 4 rings (SSSR count). The summed E-state index contributed by atoms with van der Waals surface area (Å²) >= 11 is 0. The van der Waals surface area contributed by atoms with Crippen molar-refractivity contribution in [3.63, 3.8) is 0 Å². The molecule has 4 heterocycles. The van der Waals surface area contributed by atoms with Crippen LogP contribution in [-0.2, 0) is 19.1 Å². The summed E-state index contributed by atoms with van der Waals surface area (Å²) < 4.78 is 11.7. The van der Waals surface area contributed by atoms with E-state index in [0.29, 0.717) is 25.7 Å². The number of carbonyl (C=O) groups excluding carboxylic acids is 2. The highest BCUT2D eigenvalue weighted by Crippen LogP contribution is 2.43. The normalized spacial score (nSPS) is 44.0. The van der Waals surface area contributed by atoms with E-state index in [1.165, 1.54) is 0 Å². The van der Waals surface area contributed by atoms with E-state index in [9.17, 15) is 24.9 Å². The van der Waals surface area contributed by atoms with Crippen LogP contribution in [0.15, 0.2) is 11.3 Å². The van der Waals surface area contributed by atoms with Gasteiger partial charge >= 0.3 is 5.97 Å². The second-order valence-corrected chi connectivity index (χ2v) is 9.36. The maximum Gasteiger partial charge on any atom is 0.337 e. The van der Waals surface area contributed by atoms with Gasteiger partial charge in [0.2, 0.25) is 0 Å². The Morgan fingerprint density at radius 1 is 1.17 bits per heavy atom. The number of rotatable bonds is 2. The molecule has 8 unspecified atom stereocenters. The van der Waals surface area contributed by atoms with Crippen molar-refractivity contribution in [1.82, 2.24) is 0 Å². The Bertz CT molecular complexity index is 687. The summed E-state index contributed by atoms with van der Waals surface area (Å²) in [6.45, 7) is 7.41. The lowest BCUT2D eigenvalue weighted by Crippen LogP contribution is -2.47. The molecule has 4 aliphatic rings. The zero-order chi connectivity index (χ0) is 21.5. The molecule has 0 aromatic rings. The molecule has 0 radical (unpaired) electrons. The van der Waals surface area contributed by atoms with Gasteiger partial charge in [-0.05, 0) is 38.5 Å². The van der Waals surface area contributed by atoms with E-state index in [1.54, 1.807) is 6.92 Å². The van der Waals surface area contributed by atoms with Crippen LogP contribution in [0.1, 0.15) is 66.2 Å². The lowest BCUT2D eigenvalue weighted by atomic mass is 9.82. The van der Waals surface area contributed by atoms with Crippen LogP contribution < -0.4 is 0 Å². The van der Waals surface area contributed by atoms with Crippen LogP contribution in [0.25, 0.3) is 0 Å². The molecule has 2 saturated heterocycles. The fraction of sp³-hybridized carbons (Fsp3) is 0.818. The minimum Gasteiger partial charge on any atom is -0.511 e. The van der Waals surface area contributed by atoms with E-state index < -0.39 is 47.8 Å². The highest BCUT2D eigenvalue weighted by atomic mass is 16.5. The highest BCUT2D eigenvalue weighted by Gasteiger charge is 2.49. The molecule has 4 aliphatic heterocycles. The van der Waals surface area contributed by atoms with Crippen LogP contribution in [0.5, 0.6) is 0 Å². The molecule has 4 bridgehead atoms. The molecule has 164 valence electrons. The molecule has 0 aromatic carbocycles. The van der Waals surface area contributed by atoms with Gasteiger partial charge in [0, 0.05) is 12.3 Å². The lowest BCUT2D eigenvalue weighted by molar-refractivity contribution is -0.157. The minimum atomic E-state index is -1.27. The number of fused-ring (bicyclic) bond motifs is 7. The predicted octanol–water partition coefficient (Wildman–Crippen LogP) is 2.43. The summed E-state index contributed by atoms with van der Waals surface area (Å²) in [4.78, 5) is 25.4. The van der Waals surface area contributed by atoms with Gasteiger partial charge in [-0.2, -0.15) is 0 Å². The molecule has 7 heteroatoms. The third-order valence-corrected chi connectivity index (χ3v) is 6.96. The summed E-state index contributed by atoms with van der Waals surface area (Å²) in [6.07, 6.45) is -1.10. The van der Waals surface area contributed by atoms with Crippen LogP contribution in [0.4, 0.5) is 0 Å². The smallest absolute Gasteiger partial charge is 0.337 e. The zero-order valence-electron chi connectivity index (χ0n) is 17.8. The van der Waals surface area contributed by atoms with E-state index >= 15 is 0 Å². The van der Waals surface area contributed by atoms with Gasteiger partial charge in [-0.3, -0.25) is 4.79 Å². The van der Waals surface area contributed by atoms with Gasteiger partial charge in [-0.15, -0.1) is 0 Å². The van der Waals surface area contributed by atoms with Crippen molar-refractivity contribution in [2.75, 3.05) is 0 Å². The first-order valence-corrected chi connectivity index (χ1v) is 10.8. The Morgan fingerprint density at radius 2 is 1.86 bits per heavy atom. The summed E-state index contributed by atoms with van der Waals surface area (Å²) in [6, 6.07) is 0. The summed E-state index contributed by atoms with van der Waals surface area (Å²) in [5.74, 6) is -2.16. The van der Waals surface area contributed by atoms with Crippen molar-refractivity contribution >= 4 is 11.8 Å². The molecule has 29 heavy (non-hydrogen) atoms. The number of hydrogen-bond donors (Lipinski definition) is 3. The zero-order valence-corrected chi connectivity index (χ0v) is 17.8. The summed E-state index contributed by atoms with van der Waals surface area (Å²) in [5.41, 5.74) is -0.342. The number of aliphatic hydroxyl groups is 3. The van der Waals surface area contributed by atoms with Gasteiger partial charge in [0.15, 0.2) is 0 Å². The Hall–Kier alpha value is -1.44. The molecule has 7 nitrogen and oxygen atoms in total. The molecular weight excluding hydrogens is 376 g/mol. The average molecular weight is 411 g/mol. The molecule has 0 aromatic heterocycles. The van der Waals surface area contributed by atoms with Crippen LogP contribution in [0, 0.1) is 17.8 Å². The molecule has 8 atom stereocenters. The van der Waals surface area contributed by atoms with Crippen molar-refractivity contribution in [2.24, 2.45) is 17.8 Å². The summed E-state index contributed by atoms with van der Waals surface area (Å²) in [7, 11) is 0. The summed E-state index contributed by atoms with van der Waals surface area (Å²) in [5, 5.41) is 32.3. The largest absolute Gasteiger partial charge is 0.511 e. The van der Waals surface area contributed by atoms with E-state index in [2.05, 4.69) is 0 Å². The maximum absolute atomic E-state index is 12.8. The number of esters is 1. The molecule has 0 aliphatic carbocycles. The van der Waals surface area contributed by atoms with Gasteiger partial charge in [-0.1, -0.05) is 27.2 Å². The van der Waals surface area contributed by atoms with Crippen LogP contribution in [-0.4, -0.2) is 57.1 Å². The minimum absolute atomic E-state index is 0.0178. The van der Waals surface area contributed by atoms with Crippen LogP contribution in [0.3, 0.4) is 0 Å². The molecule has 0 amide bonds. The van der Waals surface area contributed by atoms with Crippen LogP contribution in [0.2, 0.25) is 0 Å². The molecule has 3 N–H and O–H groups in total. The van der Waals surface area contributed by atoms with Crippen molar-refractivity contribution in [3.8, 4) is 0 Å². The number of aliphatic hydroxyl groups excluding tert-OH is 3. The number of hydrogen-bond acceptors (Lipinski definition) is 7. The first-order valence-electron chi connectivity index (χ1n) is 10.8. The Morgan fingerprint density at radius 3 is 2.52 bits per heavy atom. The number of ether oxygens (including phenoxy) is 2.